The third-order valence-electron chi connectivity index (χ3n) is 5.90. The number of rotatable bonds is 2. The number of hydrogen-bond donors (Lipinski definition) is 0. The SMILES string of the molecule is CCN1C(=O)C2CC3(CCN(C(=O)c4ocnc4C)CC3)CN2C1=O. The Bertz CT molecular complexity index is 709. The highest BCUT2D eigenvalue weighted by molar-refractivity contribution is 6.04. The van der Waals surface area contributed by atoms with Crippen molar-refractivity contribution < 1.29 is 18.8 Å². The number of urea groups is 1. The molecule has 3 fully saturated rings. The van der Waals surface area contributed by atoms with Crippen molar-refractivity contribution in [3.05, 3.63) is 17.8 Å². The highest BCUT2D eigenvalue weighted by Crippen LogP contribution is 2.46. The van der Waals surface area contributed by atoms with Crippen molar-refractivity contribution in [2.75, 3.05) is 26.2 Å². The van der Waals surface area contributed by atoms with Gasteiger partial charge in [-0.25, -0.2) is 9.78 Å². The Morgan fingerprint density at radius 1 is 1.36 bits per heavy atom. The van der Waals surface area contributed by atoms with Crippen LogP contribution in [0.1, 0.15) is 42.4 Å². The second-order valence-electron chi connectivity index (χ2n) is 7.27. The van der Waals surface area contributed by atoms with Crippen molar-refractivity contribution in [3.8, 4) is 0 Å². The maximum Gasteiger partial charge on any atom is 0.327 e. The van der Waals surface area contributed by atoms with Crippen molar-refractivity contribution >= 4 is 17.8 Å². The lowest BCUT2D eigenvalue weighted by atomic mass is 9.76. The molecule has 4 heterocycles. The zero-order chi connectivity index (χ0) is 17.8. The Labute approximate surface area is 145 Å². The summed E-state index contributed by atoms with van der Waals surface area (Å²) in [6.07, 6.45) is 3.59. The zero-order valence-electron chi connectivity index (χ0n) is 14.5. The fraction of sp³-hybridized carbons (Fsp3) is 0.647. The van der Waals surface area contributed by atoms with Crippen molar-refractivity contribution in [1.82, 2.24) is 19.7 Å². The summed E-state index contributed by atoms with van der Waals surface area (Å²) in [6.45, 7) is 5.84. The fourth-order valence-electron chi connectivity index (χ4n) is 4.40. The Morgan fingerprint density at radius 3 is 2.64 bits per heavy atom. The summed E-state index contributed by atoms with van der Waals surface area (Å²) in [7, 11) is 0. The first-order valence-corrected chi connectivity index (χ1v) is 8.77. The van der Waals surface area contributed by atoms with Gasteiger partial charge >= 0.3 is 6.03 Å². The molecular weight excluding hydrogens is 324 g/mol. The van der Waals surface area contributed by atoms with Crippen LogP contribution in [0.3, 0.4) is 0 Å². The van der Waals surface area contributed by atoms with Gasteiger partial charge in [0, 0.05) is 26.2 Å². The van der Waals surface area contributed by atoms with Gasteiger partial charge in [-0.2, -0.15) is 0 Å². The van der Waals surface area contributed by atoms with Crippen LogP contribution in [-0.2, 0) is 4.79 Å². The molecule has 0 aromatic carbocycles. The number of carbonyl (C=O) groups excluding carboxylic acids is 3. The molecule has 1 aromatic heterocycles. The van der Waals surface area contributed by atoms with Gasteiger partial charge in [-0.1, -0.05) is 0 Å². The van der Waals surface area contributed by atoms with E-state index in [-0.39, 0.29) is 29.3 Å². The van der Waals surface area contributed by atoms with Crippen LogP contribution >= 0.6 is 0 Å². The molecule has 0 aliphatic carbocycles. The number of aromatic nitrogens is 1. The molecule has 4 rings (SSSR count). The summed E-state index contributed by atoms with van der Waals surface area (Å²) in [5, 5.41) is 0. The number of hydrogen-bond acceptors (Lipinski definition) is 5. The smallest absolute Gasteiger partial charge is 0.327 e. The topological polar surface area (TPSA) is 87.0 Å². The quantitative estimate of drug-likeness (QED) is 0.753. The second-order valence-corrected chi connectivity index (χ2v) is 7.27. The number of likely N-dealkylation sites (tertiary alicyclic amines) is 1. The number of nitrogens with zero attached hydrogens (tertiary/aromatic N) is 4. The van der Waals surface area contributed by atoms with Gasteiger partial charge in [0.05, 0.1) is 5.69 Å². The number of carbonyl (C=O) groups is 3. The predicted molar refractivity (Wildman–Crippen MR) is 86.7 cm³/mol. The molecule has 8 heteroatoms. The van der Waals surface area contributed by atoms with Crippen LogP contribution in [0.25, 0.3) is 0 Å². The minimum absolute atomic E-state index is 0.0525. The number of fused-ring (bicyclic) bond motifs is 1. The van der Waals surface area contributed by atoms with Crippen molar-refractivity contribution in [3.63, 3.8) is 0 Å². The first kappa shape index (κ1) is 16.1. The second kappa shape index (κ2) is 5.57. The van der Waals surface area contributed by atoms with Gasteiger partial charge in [0.25, 0.3) is 11.8 Å². The van der Waals surface area contributed by atoms with Crippen LogP contribution in [0.4, 0.5) is 4.79 Å². The van der Waals surface area contributed by atoms with Gasteiger partial charge in [0.15, 0.2) is 6.39 Å². The molecule has 134 valence electrons. The van der Waals surface area contributed by atoms with Gasteiger partial charge in [-0.15, -0.1) is 0 Å². The Balaban J connectivity index is 1.43. The summed E-state index contributed by atoms with van der Waals surface area (Å²) >= 11 is 0. The Morgan fingerprint density at radius 2 is 2.08 bits per heavy atom. The van der Waals surface area contributed by atoms with E-state index in [4.69, 9.17) is 4.42 Å². The normalized spacial score (nSPS) is 25.2. The molecule has 3 aliphatic rings. The molecule has 3 saturated heterocycles. The number of oxazole rings is 1. The Hall–Kier alpha value is -2.38. The molecule has 1 spiro atoms. The largest absolute Gasteiger partial charge is 0.438 e. The third kappa shape index (κ3) is 2.34. The average molecular weight is 346 g/mol. The molecule has 0 bridgehead atoms. The lowest BCUT2D eigenvalue weighted by Crippen LogP contribution is -2.45. The molecule has 1 atom stereocenters. The number of amides is 4. The van der Waals surface area contributed by atoms with Crippen LogP contribution in [0.2, 0.25) is 0 Å². The molecule has 0 radical (unpaired) electrons. The van der Waals surface area contributed by atoms with Gasteiger partial charge in [0.1, 0.15) is 6.04 Å². The van der Waals surface area contributed by atoms with E-state index in [9.17, 15) is 14.4 Å². The molecule has 0 N–H and O–H groups in total. The molecule has 1 unspecified atom stereocenters. The van der Waals surface area contributed by atoms with E-state index in [0.717, 1.165) is 12.8 Å². The molecule has 4 amide bonds. The average Bonchev–Trinajstić information content (AvgIpc) is 3.24. The number of piperidine rings is 1. The molecule has 3 aliphatic heterocycles. The van der Waals surface area contributed by atoms with E-state index in [1.165, 1.54) is 11.3 Å². The Kier molecular flexibility index (Phi) is 3.59. The van der Waals surface area contributed by atoms with E-state index in [1.54, 1.807) is 16.7 Å². The lowest BCUT2D eigenvalue weighted by molar-refractivity contribution is -0.128. The maximum absolute atomic E-state index is 12.5. The lowest BCUT2D eigenvalue weighted by Gasteiger charge is -2.39. The van der Waals surface area contributed by atoms with Crippen LogP contribution < -0.4 is 0 Å². The summed E-state index contributed by atoms with van der Waals surface area (Å²) in [6, 6.07) is -0.476. The molecular formula is C17H22N4O4. The van der Waals surface area contributed by atoms with Crippen LogP contribution in [-0.4, -0.2) is 69.8 Å². The van der Waals surface area contributed by atoms with E-state index in [0.29, 0.717) is 44.1 Å². The van der Waals surface area contributed by atoms with E-state index >= 15 is 0 Å². The van der Waals surface area contributed by atoms with E-state index in [1.807, 2.05) is 6.92 Å². The predicted octanol–water partition coefficient (Wildman–Crippen LogP) is 1.26. The first-order chi connectivity index (χ1) is 12.0. The molecule has 25 heavy (non-hydrogen) atoms. The first-order valence-electron chi connectivity index (χ1n) is 8.77. The van der Waals surface area contributed by atoms with E-state index in [2.05, 4.69) is 4.98 Å². The molecule has 1 aromatic rings. The number of aryl methyl sites for hydroxylation is 1. The van der Waals surface area contributed by atoms with Crippen molar-refractivity contribution in [2.45, 2.75) is 39.2 Å². The summed E-state index contributed by atoms with van der Waals surface area (Å²) < 4.78 is 5.20. The summed E-state index contributed by atoms with van der Waals surface area (Å²) in [4.78, 5) is 46.1. The number of imide groups is 1. The van der Waals surface area contributed by atoms with Gasteiger partial charge in [-0.3, -0.25) is 14.5 Å². The van der Waals surface area contributed by atoms with Crippen LogP contribution in [0.15, 0.2) is 10.8 Å². The highest BCUT2D eigenvalue weighted by atomic mass is 16.3. The highest BCUT2D eigenvalue weighted by Gasteiger charge is 2.56. The minimum atomic E-state index is -0.314. The van der Waals surface area contributed by atoms with Crippen LogP contribution in [0.5, 0.6) is 0 Å². The van der Waals surface area contributed by atoms with Gasteiger partial charge < -0.3 is 14.2 Å². The number of likely N-dealkylation sites (N-methyl/N-ethyl adjacent to an activating group) is 1. The summed E-state index contributed by atoms with van der Waals surface area (Å²) in [5.74, 6) is 0.0970. The van der Waals surface area contributed by atoms with Gasteiger partial charge in [0.2, 0.25) is 5.76 Å². The minimum Gasteiger partial charge on any atom is -0.438 e. The van der Waals surface area contributed by atoms with Gasteiger partial charge in [-0.05, 0) is 38.5 Å². The fourth-order valence-corrected chi connectivity index (χ4v) is 4.40. The molecule has 0 saturated carbocycles. The molecule has 8 nitrogen and oxygen atoms in total. The van der Waals surface area contributed by atoms with Crippen molar-refractivity contribution in [1.29, 1.82) is 0 Å². The third-order valence-corrected chi connectivity index (χ3v) is 5.90. The zero-order valence-corrected chi connectivity index (χ0v) is 14.5. The van der Waals surface area contributed by atoms with Crippen molar-refractivity contribution in [2.24, 2.45) is 5.41 Å². The summed E-state index contributed by atoms with van der Waals surface area (Å²) in [5.41, 5.74) is 0.547. The standard InChI is InChI=1S/C17H22N4O4/c1-3-20-14(22)12-8-17(9-21(12)16(20)24)4-6-19(7-5-17)15(23)13-11(2)18-10-25-13/h10,12H,3-9H2,1-2H3. The monoisotopic (exact) mass is 346 g/mol. The van der Waals surface area contributed by atoms with E-state index < -0.39 is 0 Å². The van der Waals surface area contributed by atoms with Crippen LogP contribution in [0, 0.1) is 12.3 Å². The maximum atomic E-state index is 12.5.